The van der Waals surface area contributed by atoms with E-state index in [1.807, 2.05) is 28.0 Å². The summed E-state index contributed by atoms with van der Waals surface area (Å²) in [5.41, 5.74) is 1.18. The largest absolute Gasteiger partial charge is 0.368 e. The lowest BCUT2D eigenvalue weighted by Crippen LogP contribution is -2.56. The Morgan fingerprint density at radius 1 is 1.13 bits per heavy atom. The molecule has 0 spiro atoms. The normalized spacial score (nSPS) is 20.2. The van der Waals surface area contributed by atoms with Crippen molar-refractivity contribution in [2.45, 2.75) is 13.0 Å². The average Bonchev–Trinajstić information content (AvgIpc) is 3.18. The summed E-state index contributed by atoms with van der Waals surface area (Å²) in [5.74, 6) is 0.845. The Balaban J connectivity index is 1.26. The minimum Gasteiger partial charge on any atom is -0.368 e. The van der Waals surface area contributed by atoms with E-state index in [9.17, 15) is 9.59 Å². The van der Waals surface area contributed by atoms with Gasteiger partial charge in [-0.25, -0.2) is 0 Å². The summed E-state index contributed by atoms with van der Waals surface area (Å²) in [5, 5.41) is 6.48. The molecule has 1 aromatic carbocycles. The first-order chi connectivity index (χ1) is 14.6. The lowest BCUT2D eigenvalue weighted by Gasteiger charge is -2.39. The van der Waals surface area contributed by atoms with Gasteiger partial charge in [0.05, 0.1) is 13.2 Å². The SMILES string of the molecule is Cc1cc(NC(=O)CN2CCOC(C(=O)N3CCN(c4ccccc4)CC3)C2)no1. The van der Waals surface area contributed by atoms with Crippen LogP contribution in [0.5, 0.6) is 0 Å². The van der Waals surface area contributed by atoms with Gasteiger partial charge in [-0.15, -0.1) is 0 Å². The van der Waals surface area contributed by atoms with Gasteiger partial charge >= 0.3 is 0 Å². The molecular formula is C21H27N5O4. The highest BCUT2D eigenvalue weighted by atomic mass is 16.5. The van der Waals surface area contributed by atoms with E-state index in [2.05, 4.69) is 27.5 Å². The first-order valence-electron chi connectivity index (χ1n) is 10.2. The van der Waals surface area contributed by atoms with Crippen molar-refractivity contribution < 1.29 is 18.8 Å². The second kappa shape index (κ2) is 9.27. The third kappa shape index (κ3) is 4.98. The van der Waals surface area contributed by atoms with Crippen LogP contribution in [-0.2, 0) is 14.3 Å². The molecule has 2 aliphatic rings. The second-order valence-electron chi connectivity index (χ2n) is 7.61. The molecule has 160 valence electrons. The number of carbonyl (C=O) groups excluding carboxylic acids is 2. The van der Waals surface area contributed by atoms with Gasteiger partial charge in [-0.05, 0) is 19.1 Å². The summed E-state index contributed by atoms with van der Waals surface area (Å²) in [6, 6.07) is 11.9. The van der Waals surface area contributed by atoms with Crippen LogP contribution < -0.4 is 10.2 Å². The van der Waals surface area contributed by atoms with E-state index < -0.39 is 6.10 Å². The van der Waals surface area contributed by atoms with Gasteiger partial charge in [0.1, 0.15) is 11.9 Å². The number of morpholine rings is 1. The predicted molar refractivity (Wildman–Crippen MR) is 111 cm³/mol. The molecule has 0 radical (unpaired) electrons. The number of amides is 2. The van der Waals surface area contributed by atoms with Crippen molar-refractivity contribution in [1.82, 2.24) is 15.0 Å². The number of nitrogens with zero attached hydrogens (tertiary/aromatic N) is 4. The Morgan fingerprint density at radius 2 is 1.90 bits per heavy atom. The number of para-hydroxylation sites is 1. The Labute approximate surface area is 175 Å². The van der Waals surface area contributed by atoms with Crippen LogP contribution in [0.4, 0.5) is 11.5 Å². The number of aromatic nitrogens is 1. The van der Waals surface area contributed by atoms with Crippen LogP contribution in [0, 0.1) is 6.92 Å². The van der Waals surface area contributed by atoms with Crippen LogP contribution >= 0.6 is 0 Å². The second-order valence-corrected chi connectivity index (χ2v) is 7.61. The van der Waals surface area contributed by atoms with Crippen LogP contribution in [-0.4, -0.2) is 85.3 Å². The third-order valence-electron chi connectivity index (χ3n) is 5.40. The summed E-state index contributed by atoms with van der Waals surface area (Å²) < 4.78 is 10.7. The number of anilines is 2. The molecule has 1 unspecified atom stereocenters. The lowest BCUT2D eigenvalue weighted by molar-refractivity contribution is -0.150. The summed E-state index contributed by atoms with van der Waals surface area (Å²) in [4.78, 5) is 31.3. The molecule has 3 heterocycles. The minimum absolute atomic E-state index is 0.0000501. The van der Waals surface area contributed by atoms with Crippen LogP contribution in [0.2, 0.25) is 0 Å². The molecular weight excluding hydrogens is 386 g/mol. The van der Waals surface area contributed by atoms with Gasteiger partial charge in [-0.2, -0.15) is 0 Å². The van der Waals surface area contributed by atoms with E-state index in [4.69, 9.17) is 9.26 Å². The third-order valence-corrected chi connectivity index (χ3v) is 5.40. The zero-order valence-corrected chi connectivity index (χ0v) is 17.1. The van der Waals surface area contributed by atoms with Crippen LogP contribution in [0.15, 0.2) is 40.9 Å². The molecule has 9 heteroatoms. The number of piperazine rings is 1. The Morgan fingerprint density at radius 3 is 2.60 bits per heavy atom. The molecule has 1 aromatic heterocycles. The molecule has 2 aliphatic heterocycles. The van der Waals surface area contributed by atoms with Gasteiger partial charge in [-0.1, -0.05) is 23.4 Å². The quantitative estimate of drug-likeness (QED) is 0.781. The van der Waals surface area contributed by atoms with E-state index >= 15 is 0 Å². The Hall–Kier alpha value is -2.91. The van der Waals surface area contributed by atoms with E-state index in [0.29, 0.717) is 44.4 Å². The zero-order chi connectivity index (χ0) is 20.9. The highest BCUT2D eigenvalue weighted by Gasteiger charge is 2.32. The van der Waals surface area contributed by atoms with E-state index in [0.717, 1.165) is 13.1 Å². The van der Waals surface area contributed by atoms with Crippen molar-refractivity contribution in [3.8, 4) is 0 Å². The maximum absolute atomic E-state index is 13.0. The first-order valence-corrected chi connectivity index (χ1v) is 10.2. The number of benzene rings is 1. The van der Waals surface area contributed by atoms with Crippen LogP contribution in [0.3, 0.4) is 0 Å². The number of nitrogens with one attached hydrogen (secondary N) is 1. The summed E-state index contributed by atoms with van der Waals surface area (Å²) >= 11 is 0. The molecule has 0 aliphatic carbocycles. The van der Waals surface area contributed by atoms with Gasteiger partial charge in [-0.3, -0.25) is 14.5 Å². The van der Waals surface area contributed by atoms with Gasteiger partial charge in [0.25, 0.3) is 5.91 Å². The van der Waals surface area contributed by atoms with Crippen LogP contribution in [0.1, 0.15) is 5.76 Å². The molecule has 2 amide bonds. The molecule has 1 atom stereocenters. The zero-order valence-electron chi connectivity index (χ0n) is 17.1. The van der Waals surface area contributed by atoms with Gasteiger partial charge < -0.3 is 24.4 Å². The Bertz CT molecular complexity index is 863. The topological polar surface area (TPSA) is 91.2 Å². The number of carbonyl (C=O) groups is 2. The maximum atomic E-state index is 13.0. The van der Waals surface area contributed by atoms with Crippen molar-refractivity contribution in [1.29, 1.82) is 0 Å². The molecule has 1 N–H and O–H groups in total. The van der Waals surface area contributed by atoms with Crippen molar-refractivity contribution in [3.05, 3.63) is 42.2 Å². The van der Waals surface area contributed by atoms with E-state index in [1.54, 1.807) is 13.0 Å². The maximum Gasteiger partial charge on any atom is 0.253 e. The first kappa shape index (κ1) is 20.4. The fourth-order valence-electron chi connectivity index (χ4n) is 3.83. The number of ether oxygens (including phenoxy) is 1. The van der Waals surface area contributed by atoms with Crippen molar-refractivity contribution >= 4 is 23.3 Å². The molecule has 0 saturated carbocycles. The van der Waals surface area contributed by atoms with E-state index in [1.165, 1.54) is 5.69 Å². The smallest absolute Gasteiger partial charge is 0.253 e. The average molecular weight is 413 g/mol. The van der Waals surface area contributed by atoms with Crippen molar-refractivity contribution in [2.24, 2.45) is 0 Å². The predicted octanol–water partition coefficient (Wildman–Crippen LogP) is 0.971. The van der Waals surface area contributed by atoms with E-state index in [-0.39, 0.29) is 18.4 Å². The molecule has 2 aromatic rings. The van der Waals surface area contributed by atoms with Crippen molar-refractivity contribution in [3.63, 3.8) is 0 Å². The van der Waals surface area contributed by atoms with Gasteiger partial charge in [0.15, 0.2) is 5.82 Å². The molecule has 0 bridgehead atoms. The number of rotatable bonds is 5. The molecule has 2 fully saturated rings. The molecule has 30 heavy (non-hydrogen) atoms. The number of hydrogen-bond acceptors (Lipinski definition) is 7. The monoisotopic (exact) mass is 413 g/mol. The molecule has 9 nitrogen and oxygen atoms in total. The molecule has 2 saturated heterocycles. The van der Waals surface area contributed by atoms with Crippen LogP contribution in [0.25, 0.3) is 0 Å². The lowest BCUT2D eigenvalue weighted by atomic mass is 10.2. The van der Waals surface area contributed by atoms with Gasteiger partial charge in [0, 0.05) is 51.0 Å². The highest BCUT2D eigenvalue weighted by molar-refractivity contribution is 5.91. The summed E-state index contributed by atoms with van der Waals surface area (Å²) in [6.07, 6.45) is -0.538. The van der Waals surface area contributed by atoms with Crippen molar-refractivity contribution in [2.75, 3.05) is 62.6 Å². The fraction of sp³-hybridized carbons (Fsp3) is 0.476. The molecule has 4 rings (SSSR count). The number of aryl methyl sites for hydroxylation is 1. The number of hydrogen-bond donors (Lipinski definition) is 1. The van der Waals surface area contributed by atoms with Gasteiger partial charge in [0.2, 0.25) is 5.91 Å². The summed E-state index contributed by atoms with van der Waals surface area (Å²) in [6.45, 7) is 6.31. The Kier molecular flexibility index (Phi) is 6.29. The standard InChI is InChI=1S/C21H27N5O4/c1-16-13-19(23-30-16)22-20(27)15-24-11-12-29-18(14-24)21(28)26-9-7-25(8-10-26)17-5-3-2-4-6-17/h2-6,13,18H,7-12,14-15H2,1H3,(H,22,23,27). The summed E-state index contributed by atoms with van der Waals surface area (Å²) in [7, 11) is 0. The highest BCUT2D eigenvalue weighted by Crippen LogP contribution is 2.17. The fourth-order valence-corrected chi connectivity index (χ4v) is 3.83. The minimum atomic E-state index is -0.538.